The van der Waals surface area contributed by atoms with Crippen LogP contribution >= 0.6 is 0 Å². The van der Waals surface area contributed by atoms with Gasteiger partial charge in [-0.2, -0.15) is 0 Å². The van der Waals surface area contributed by atoms with E-state index in [1.54, 1.807) is 18.2 Å². The molecule has 1 aromatic carbocycles. The highest BCUT2D eigenvalue weighted by Gasteiger charge is 2.23. The number of amides is 1. The molecule has 2 unspecified atom stereocenters. The van der Waals surface area contributed by atoms with Crippen LogP contribution in [-0.4, -0.2) is 24.2 Å². The summed E-state index contributed by atoms with van der Waals surface area (Å²) < 4.78 is 5.04. The van der Waals surface area contributed by atoms with E-state index in [4.69, 9.17) is 4.74 Å². The molecule has 1 aliphatic rings. The monoisotopic (exact) mass is 277 g/mol. The first kappa shape index (κ1) is 14.7. The van der Waals surface area contributed by atoms with Crippen LogP contribution in [0.15, 0.2) is 18.2 Å². The summed E-state index contributed by atoms with van der Waals surface area (Å²) in [5, 5.41) is 13.1. The molecule has 2 rings (SSSR count). The molecule has 2 N–H and O–H groups in total. The number of para-hydroxylation sites is 1. The molecule has 0 saturated heterocycles. The second-order valence-electron chi connectivity index (χ2n) is 5.55. The fraction of sp³-hybridized carbons (Fsp3) is 0.562. The van der Waals surface area contributed by atoms with Gasteiger partial charge >= 0.3 is 0 Å². The molecule has 4 heteroatoms. The van der Waals surface area contributed by atoms with Gasteiger partial charge in [-0.25, -0.2) is 0 Å². The Balaban J connectivity index is 2.11. The van der Waals surface area contributed by atoms with E-state index < -0.39 is 0 Å². The predicted molar refractivity (Wildman–Crippen MR) is 78.2 cm³/mol. The molecule has 0 aliphatic heterocycles. The van der Waals surface area contributed by atoms with Crippen LogP contribution in [0.2, 0.25) is 0 Å². The van der Waals surface area contributed by atoms with Crippen molar-refractivity contribution < 1.29 is 14.6 Å². The van der Waals surface area contributed by atoms with Gasteiger partial charge in [-0.1, -0.05) is 32.3 Å². The first-order valence-electron chi connectivity index (χ1n) is 7.30. The number of carbonyl (C=O) groups excluding carboxylic acids is 1. The van der Waals surface area contributed by atoms with E-state index in [9.17, 15) is 9.90 Å². The van der Waals surface area contributed by atoms with Crippen LogP contribution in [0.4, 0.5) is 0 Å². The Morgan fingerprint density at radius 2 is 2.05 bits per heavy atom. The summed E-state index contributed by atoms with van der Waals surface area (Å²) in [4.78, 5) is 12.3. The number of benzene rings is 1. The van der Waals surface area contributed by atoms with E-state index in [0.717, 1.165) is 19.3 Å². The normalized spacial score (nSPS) is 22.9. The second-order valence-corrected chi connectivity index (χ2v) is 5.55. The van der Waals surface area contributed by atoms with E-state index in [-0.39, 0.29) is 23.3 Å². The summed E-state index contributed by atoms with van der Waals surface area (Å²) in [6.45, 7) is 2.18. The summed E-state index contributed by atoms with van der Waals surface area (Å²) in [5.41, 5.74) is 0.279. The van der Waals surface area contributed by atoms with Gasteiger partial charge in [0, 0.05) is 6.04 Å². The van der Waals surface area contributed by atoms with E-state index >= 15 is 0 Å². The highest BCUT2D eigenvalue weighted by molar-refractivity contribution is 5.97. The van der Waals surface area contributed by atoms with Crippen LogP contribution in [-0.2, 0) is 0 Å². The zero-order valence-corrected chi connectivity index (χ0v) is 12.2. The predicted octanol–water partition coefficient (Wildman–Crippen LogP) is 3.10. The zero-order chi connectivity index (χ0) is 14.5. The molecule has 1 fully saturated rings. The highest BCUT2D eigenvalue weighted by atomic mass is 16.5. The minimum absolute atomic E-state index is 0.0891. The molecule has 1 amide bonds. The number of carbonyl (C=O) groups is 1. The molecule has 2 atom stereocenters. The molecular weight excluding hydrogens is 254 g/mol. The largest absolute Gasteiger partial charge is 0.504 e. The minimum atomic E-state index is -0.222. The van der Waals surface area contributed by atoms with Gasteiger partial charge < -0.3 is 15.2 Å². The van der Waals surface area contributed by atoms with Crippen molar-refractivity contribution in [3.8, 4) is 11.5 Å². The molecule has 110 valence electrons. The van der Waals surface area contributed by atoms with Crippen LogP contribution in [0.3, 0.4) is 0 Å². The first-order chi connectivity index (χ1) is 9.63. The van der Waals surface area contributed by atoms with Crippen molar-refractivity contribution in [1.82, 2.24) is 5.32 Å². The highest BCUT2D eigenvalue weighted by Crippen LogP contribution is 2.30. The second kappa shape index (κ2) is 6.64. The third-order valence-electron chi connectivity index (χ3n) is 4.14. The Kier molecular flexibility index (Phi) is 4.88. The number of aromatic hydroxyl groups is 1. The van der Waals surface area contributed by atoms with Crippen molar-refractivity contribution >= 4 is 5.91 Å². The third-order valence-corrected chi connectivity index (χ3v) is 4.14. The molecule has 1 saturated carbocycles. The summed E-state index contributed by atoms with van der Waals surface area (Å²) >= 11 is 0. The third kappa shape index (κ3) is 3.24. The molecule has 1 aromatic rings. The van der Waals surface area contributed by atoms with Gasteiger partial charge in [0.2, 0.25) is 0 Å². The van der Waals surface area contributed by atoms with Gasteiger partial charge in [0.15, 0.2) is 11.5 Å². The maximum atomic E-state index is 12.3. The lowest BCUT2D eigenvalue weighted by Gasteiger charge is -2.23. The number of rotatable bonds is 3. The van der Waals surface area contributed by atoms with Crippen molar-refractivity contribution in [2.24, 2.45) is 5.92 Å². The van der Waals surface area contributed by atoms with Crippen molar-refractivity contribution in [3.63, 3.8) is 0 Å². The Hall–Kier alpha value is -1.71. The SMILES string of the molecule is COc1cccc(C(=O)NC2CCCCCC2C)c1O. The number of phenols is 1. The minimum Gasteiger partial charge on any atom is -0.504 e. The fourth-order valence-corrected chi connectivity index (χ4v) is 2.82. The van der Waals surface area contributed by atoms with Crippen molar-refractivity contribution in [1.29, 1.82) is 0 Å². The molecule has 0 bridgehead atoms. The number of ether oxygens (including phenoxy) is 1. The molecule has 0 spiro atoms. The molecule has 20 heavy (non-hydrogen) atoms. The molecule has 4 nitrogen and oxygen atoms in total. The number of nitrogens with one attached hydrogen (secondary N) is 1. The maximum absolute atomic E-state index is 12.3. The summed E-state index contributed by atoms with van der Waals surface area (Å²) in [5.74, 6) is 0.495. The van der Waals surface area contributed by atoms with Crippen LogP contribution in [0.1, 0.15) is 49.4 Å². The Morgan fingerprint density at radius 1 is 1.30 bits per heavy atom. The van der Waals surface area contributed by atoms with Gasteiger partial charge in [-0.15, -0.1) is 0 Å². The zero-order valence-electron chi connectivity index (χ0n) is 12.2. The lowest BCUT2D eigenvalue weighted by molar-refractivity contribution is 0.0918. The molecule has 1 aliphatic carbocycles. The number of phenolic OH excluding ortho intramolecular Hbond substituents is 1. The lowest BCUT2D eigenvalue weighted by Crippen LogP contribution is -2.38. The van der Waals surface area contributed by atoms with Gasteiger partial charge in [-0.3, -0.25) is 4.79 Å². The van der Waals surface area contributed by atoms with Crippen molar-refractivity contribution in [2.45, 2.75) is 45.1 Å². The molecule has 0 aromatic heterocycles. The smallest absolute Gasteiger partial charge is 0.255 e. The average Bonchev–Trinajstić information content (AvgIpc) is 2.64. The quantitative estimate of drug-likeness (QED) is 0.835. The first-order valence-corrected chi connectivity index (χ1v) is 7.30. The lowest BCUT2D eigenvalue weighted by atomic mass is 9.96. The van der Waals surface area contributed by atoms with E-state index in [1.807, 2.05) is 0 Å². The Labute approximate surface area is 120 Å². The summed E-state index contributed by atoms with van der Waals surface area (Å²) in [7, 11) is 1.48. The van der Waals surface area contributed by atoms with Crippen molar-refractivity contribution in [3.05, 3.63) is 23.8 Å². The van der Waals surface area contributed by atoms with Gasteiger partial charge in [0.1, 0.15) is 0 Å². The maximum Gasteiger partial charge on any atom is 0.255 e. The van der Waals surface area contributed by atoms with Gasteiger partial charge in [-0.05, 0) is 30.9 Å². The van der Waals surface area contributed by atoms with Gasteiger partial charge in [0.05, 0.1) is 12.7 Å². The fourth-order valence-electron chi connectivity index (χ4n) is 2.82. The van der Waals surface area contributed by atoms with E-state index in [2.05, 4.69) is 12.2 Å². The Bertz CT molecular complexity index is 473. The number of methoxy groups -OCH3 is 1. The van der Waals surface area contributed by atoms with Crippen LogP contribution in [0.5, 0.6) is 11.5 Å². The van der Waals surface area contributed by atoms with Crippen LogP contribution in [0.25, 0.3) is 0 Å². The standard InChI is InChI=1S/C16H23NO3/c1-11-7-4-3-5-9-13(11)17-16(19)12-8-6-10-14(20-2)15(12)18/h6,8,10-11,13,18H,3-5,7,9H2,1-2H3,(H,17,19). The van der Waals surface area contributed by atoms with E-state index in [0.29, 0.717) is 11.7 Å². The van der Waals surface area contributed by atoms with E-state index in [1.165, 1.54) is 20.0 Å². The van der Waals surface area contributed by atoms with Crippen LogP contribution in [0, 0.1) is 5.92 Å². The van der Waals surface area contributed by atoms with Crippen molar-refractivity contribution in [2.75, 3.05) is 7.11 Å². The number of hydrogen-bond donors (Lipinski definition) is 2. The topological polar surface area (TPSA) is 58.6 Å². The molecular formula is C16H23NO3. The van der Waals surface area contributed by atoms with Crippen LogP contribution < -0.4 is 10.1 Å². The average molecular weight is 277 g/mol. The molecule has 0 heterocycles. The number of hydrogen-bond acceptors (Lipinski definition) is 3. The molecule has 0 radical (unpaired) electrons. The Morgan fingerprint density at radius 3 is 2.80 bits per heavy atom. The summed E-state index contributed by atoms with van der Waals surface area (Å²) in [6, 6.07) is 5.16. The summed E-state index contributed by atoms with van der Waals surface area (Å²) in [6.07, 6.45) is 5.78. The van der Waals surface area contributed by atoms with Gasteiger partial charge in [0.25, 0.3) is 5.91 Å².